The summed E-state index contributed by atoms with van der Waals surface area (Å²) >= 11 is 6.09. The summed E-state index contributed by atoms with van der Waals surface area (Å²) in [4.78, 5) is 14.8. The van der Waals surface area contributed by atoms with Gasteiger partial charge in [-0.05, 0) is 36.2 Å². The van der Waals surface area contributed by atoms with E-state index in [-0.39, 0.29) is 11.8 Å². The van der Waals surface area contributed by atoms with Crippen molar-refractivity contribution < 1.29 is 4.79 Å². The Labute approximate surface area is 128 Å². The minimum Gasteiger partial charge on any atom is -0.284 e. The van der Waals surface area contributed by atoms with Crippen molar-refractivity contribution in [3.63, 3.8) is 0 Å². The number of hydrogen-bond donors (Lipinski definition) is 0. The molecule has 21 heavy (non-hydrogen) atoms. The van der Waals surface area contributed by atoms with Gasteiger partial charge in [-0.1, -0.05) is 48.5 Å². The normalized spacial score (nSPS) is 26.9. The summed E-state index contributed by atoms with van der Waals surface area (Å²) in [6.45, 7) is 4.15. The van der Waals surface area contributed by atoms with Crippen molar-refractivity contribution in [3.05, 3.63) is 77.5 Å². The van der Waals surface area contributed by atoms with Gasteiger partial charge < -0.3 is 0 Å². The number of allylic oxidation sites excluding steroid dienone is 1. The van der Waals surface area contributed by atoms with E-state index in [0.717, 1.165) is 23.4 Å². The van der Waals surface area contributed by atoms with Crippen LogP contribution in [-0.4, -0.2) is 5.91 Å². The maximum absolute atomic E-state index is 13.0. The van der Waals surface area contributed by atoms with Gasteiger partial charge in [0.15, 0.2) is 0 Å². The van der Waals surface area contributed by atoms with E-state index in [1.807, 2.05) is 54.6 Å². The number of hydrogen-bond acceptors (Lipinski definition) is 1. The second-order valence-electron chi connectivity index (χ2n) is 5.71. The molecular weight excluding hydrogens is 282 g/mol. The highest BCUT2D eigenvalue weighted by molar-refractivity contribution is 6.30. The van der Waals surface area contributed by atoms with Crippen LogP contribution < -0.4 is 4.90 Å². The summed E-state index contributed by atoms with van der Waals surface area (Å²) in [5.74, 6) is 0.314. The Bertz CT molecular complexity index is 755. The van der Waals surface area contributed by atoms with Gasteiger partial charge in [0.05, 0.1) is 5.41 Å². The average Bonchev–Trinajstić information content (AvgIpc) is 3.21. The summed E-state index contributed by atoms with van der Waals surface area (Å²) < 4.78 is 0. The van der Waals surface area contributed by atoms with Gasteiger partial charge in [0, 0.05) is 22.3 Å². The zero-order chi connectivity index (χ0) is 14.6. The predicted molar refractivity (Wildman–Crippen MR) is 84.3 cm³/mol. The summed E-state index contributed by atoms with van der Waals surface area (Å²) in [7, 11) is 0. The van der Waals surface area contributed by atoms with Gasteiger partial charge in [0.25, 0.3) is 0 Å². The highest BCUT2D eigenvalue weighted by Crippen LogP contribution is 2.64. The number of fused-ring (bicyclic) bond motifs is 1. The third-order valence-electron chi connectivity index (χ3n) is 4.59. The molecule has 1 aliphatic heterocycles. The number of benzene rings is 2. The van der Waals surface area contributed by atoms with Gasteiger partial charge in [-0.25, -0.2) is 0 Å². The number of nitrogens with zero attached hydrogens (tertiary/aromatic N) is 1. The van der Waals surface area contributed by atoms with Crippen molar-refractivity contribution in [1.82, 2.24) is 0 Å². The Balaban J connectivity index is 1.79. The first-order chi connectivity index (χ1) is 10.1. The fourth-order valence-corrected chi connectivity index (χ4v) is 3.65. The van der Waals surface area contributed by atoms with Crippen molar-refractivity contribution in [2.75, 3.05) is 4.90 Å². The maximum Gasteiger partial charge on any atom is 0.242 e. The van der Waals surface area contributed by atoms with Crippen LogP contribution in [0.3, 0.4) is 0 Å². The number of rotatable bonds is 2. The molecule has 2 unspecified atom stereocenters. The molecule has 2 fully saturated rings. The molecule has 1 heterocycles. The van der Waals surface area contributed by atoms with Crippen molar-refractivity contribution in [2.45, 2.75) is 11.8 Å². The summed E-state index contributed by atoms with van der Waals surface area (Å²) in [5, 5.41) is 0.670. The lowest BCUT2D eigenvalue weighted by molar-refractivity contribution is -0.119. The van der Waals surface area contributed by atoms with E-state index in [1.54, 1.807) is 4.90 Å². The fourth-order valence-electron chi connectivity index (χ4n) is 3.46. The molecule has 1 aliphatic carbocycles. The zero-order valence-electron chi connectivity index (χ0n) is 11.4. The van der Waals surface area contributed by atoms with E-state index in [1.165, 1.54) is 0 Å². The molecule has 2 aliphatic rings. The smallest absolute Gasteiger partial charge is 0.242 e. The van der Waals surface area contributed by atoms with E-state index in [2.05, 4.69) is 6.58 Å². The van der Waals surface area contributed by atoms with Gasteiger partial charge in [-0.15, -0.1) is 0 Å². The summed E-state index contributed by atoms with van der Waals surface area (Å²) in [6, 6.07) is 17.3. The molecule has 0 aromatic heterocycles. The number of anilines is 1. The second-order valence-corrected chi connectivity index (χ2v) is 6.14. The lowest BCUT2D eigenvalue weighted by Crippen LogP contribution is -2.32. The lowest BCUT2D eigenvalue weighted by atomic mass is 9.94. The standard InChI is InChI=1S/C18H14ClNO/c1-12-16-11-18(16,13-6-5-7-14(19)10-13)17(21)20(12)15-8-3-2-4-9-15/h2-10,16H,1,11H2. The first kappa shape index (κ1) is 12.7. The quantitative estimate of drug-likeness (QED) is 0.815. The number of carbonyl (C=O) groups is 1. The van der Waals surface area contributed by atoms with Crippen LogP contribution in [0.4, 0.5) is 5.69 Å². The monoisotopic (exact) mass is 295 g/mol. The fraction of sp³-hybridized carbons (Fsp3) is 0.167. The van der Waals surface area contributed by atoms with E-state index in [4.69, 9.17) is 11.6 Å². The molecule has 0 spiro atoms. The first-order valence-corrected chi connectivity index (χ1v) is 7.37. The molecule has 1 amide bonds. The van der Waals surface area contributed by atoms with Crippen LogP contribution in [-0.2, 0) is 10.2 Å². The van der Waals surface area contributed by atoms with Crippen LogP contribution in [0.25, 0.3) is 0 Å². The molecule has 1 saturated heterocycles. The van der Waals surface area contributed by atoms with Crippen molar-refractivity contribution in [3.8, 4) is 0 Å². The number of piperidine rings is 1. The molecule has 2 atom stereocenters. The molecular formula is C18H14ClNO. The van der Waals surface area contributed by atoms with Crippen molar-refractivity contribution in [1.29, 1.82) is 0 Å². The van der Waals surface area contributed by atoms with Gasteiger partial charge in [-0.3, -0.25) is 9.69 Å². The Morgan fingerprint density at radius 3 is 2.62 bits per heavy atom. The zero-order valence-corrected chi connectivity index (χ0v) is 12.2. The van der Waals surface area contributed by atoms with Crippen LogP contribution >= 0.6 is 11.6 Å². The Kier molecular flexibility index (Phi) is 2.54. The Hall–Kier alpha value is -2.06. The molecule has 0 radical (unpaired) electrons. The predicted octanol–water partition coefficient (Wildman–Crippen LogP) is 4.16. The SMILES string of the molecule is C=C1C2CC2(c2cccc(Cl)c2)C(=O)N1c1ccccc1. The number of amides is 1. The van der Waals surface area contributed by atoms with Crippen LogP contribution in [0.2, 0.25) is 5.02 Å². The molecule has 0 N–H and O–H groups in total. The van der Waals surface area contributed by atoms with E-state index >= 15 is 0 Å². The molecule has 2 aromatic rings. The molecule has 2 nitrogen and oxygen atoms in total. The third-order valence-corrected chi connectivity index (χ3v) is 4.82. The van der Waals surface area contributed by atoms with E-state index in [9.17, 15) is 4.79 Å². The topological polar surface area (TPSA) is 20.3 Å². The van der Waals surface area contributed by atoms with Crippen LogP contribution in [0, 0.1) is 5.92 Å². The van der Waals surface area contributed by atoms with Gasteiger partial charge in [0.1, 0.15) is 0 Å². The van der Waals surface area contributed by atoms with Gasteiger partial charge in [-0.2, -0.15) is 0 Å². The number of para-hydroxylation sites is 1. The molecule has 0 bridgehead atoms. The molecule has 3 heteroatoms. The van der Waals surface area contributed by atoms with Gasteiger partial charge in [0.2, 0.25) is 5.91 Å². The minimum absolute atomic E-state index is 0.117. The van der Waals surface area contributed by atoms with Crippen molar-refractivity contribution >= 4 is 23.2 Å². The molecule has 1 saturated carbocycles. The second kappa shape index (κ2) is 4.22. The lowest BCUT2D eigenvalue weighted by Gasteiger charge is -2.22. The largest absolute Gasteiger partial charge is 0.284 e. The van der Waals surface area contributed by atoms with E-state index < -0.39 is 5.41 Å². The van der Waals surface area contributed by atoms with Crippen LogP contribution in [0.5, 0.6) is 0 Å². The van der Waals surface area contributed by atoms with Crippen LogP contribution in [0.1, 0.15) is 12.0 Å². The Morgan fingerprint density at radius 1 is 1.14 bits per heavy atom. The highest BCUT2D eigenvalue weighted by Gasteiger charge is 2.69. The summed E-state index contributed by atoms with van der Waals surface area (Å²) in [6.07, 6.45) is 0.842. The average molecular weight is 296 g/mol. The van der Waals surface area contributed by atoms with Crippen molar-refractivity contribution in [2.24, 2.45) is 5.92 Å². The molecule has 2 aromatic carbocycles. The summed E-state index contributed by atoms with van der Waals surface area (Å²) in [5.41, 5.74) is 2.34. The minimum atomic E-state index is -0.447. The third kappa shape index (κ3) is 1.63. The molecule has 104 valence electrons. The number of carbonyl (C=O) groups excluding carboxylic acids is 1. The first-order valence-electron chi connectivity index (χ1n) is 6.99. The Morgan fingerprint density at radius 2 is 1.90 bits per heavy atom. The van der Waals surface area contributed by atoms with E-state index in [0.29, 0.717) is 5.02 Å². The maximum atomic E-state index is 13.0. The highest BCUT2D eigenvalue weighted by atomic mass is 35.5. The number of halogens is 1. The van der Waals surface area contributed by atoms with Crippen LogP contribution in [0.15, 0.2) is 66.9 Å². The van der Waals surface area contributed by atoms with Gasteiger partial charge >= 0.3 is 0 Å². The molecule has 4 rings (SSSR count).